The van der Waals surface area contributed by atoms with Crippen molar-refractivity contribution < 1.29 is 0 Å². The van der Waals surface area contributed by atoms with Crippen molar-refractivity contribution in [2.75, 3.05) is 31.1 Å². The zero-order valence-electron chi connectivity index (χ0n) is 15.3. The lowest BCUT2D eigenvalue weighted by Gasteiger charge is -2.35. The number of rotatable bonds is 5. The van der Waals surface area contributed by atoms with Crippen LogP contribution in [0.15, 0.2) is 48.0 Å². The minimum absolute atomic E-state index is 0.606. The second-order valence-corrected chi connectivity index (χ2v) is 8.25. The fourth-order valence-electron chi connectivity index (χ4n) is 3.53. The number of nitrogens with zero attached hydrogens (tertiary/aromatic N) is 5. The average Bonchev–Trinajstić information content (AvgIpc) is 3.49. The van der Waals surface area contributed by atoms with Gasteiger partial charge >= 0.3 is 0 Å². The summed E-state index contributed by atoms with van der Waals surface area (Å²) >= 11 is 1.76. The molecule has 2 aromatic heterocycles. The summed E-state index contributed by atoms with van der Waals surface area (Å²) in [5.41, 5.74) is 2.28. The Morgan fingerprint density at radius 2 is 1.78 bits per heavy atom. The monoisotopic (exact) mass is 377 g/mol. The van der Waals surface area contributed by atoms with Crippen molar-refractivity contribution >= 4 is 17.2 Å². The Morgan fingerprint density at radius 1 is 0.963 bits per heavy atom. The van der Waals surface area contributed by atoms with Crippen molar-refractivity contribution in [2.45, 2.75) is 25.3 Å². The molecule has 1 saturated heterocycles. The van der Waals surface area contributed by atoms with Crippen molar-refractivity contribution in [3.05, 3.63) is 58.8 Å². The Kier molecular flexibility index (Phi) is 4.59. The van der Waals surface area contributed by atoms with Crippen LogP contribution in [0.3, 0.4) is 0 Å². The van der Waals surface area contributed by atoms with Gasteiger partial charge in [0.25, 0.3) is 0 Å². The van der Waals surface area contributed by atoms with Crippen molar-refractivity contribution in [1.82, 2.24) is 19.9 Å². The van der Waals surface area contributed by atoms with E-state index in [0.29, 0.717) is 5.92 Å². The van der Waals surface area contributed by atoms with E-state index in [9.17, 15) is 0 Å². The molecule has 2 aliphatic rings. The normalized spacial score (nSPS) is 18.0. The van der Waals surface area contributed by atoms with Gasteiger partial charge in [-0.05, 0) is 18.9 Å². The third-order valence-corrected chi connectivity index (χ3v) is 6.11. The molecule has 6 heteroatoms. The van der Waals surface area contributed by atoms with Gasteiger partial charge in [0.15, 0.2) is 0 Å². The molecule has 1 aliphatic carbocycles. The minimum atomic E-state index is 0.606. The van der Waals surface area contributed by atoms with E-state index in [1.54, 1.807) is 11.3 Å². The molecule has 5 rings (SSSR count). The molecule has 1 saturated carbocycles. The zero-order chi connectivity index (χ0) is 18.1. The number of benzene rings is 1. The van der Waals surface area contributed by atoms with Crippen LogP contribution in [0.25, 0.3) is 11.3 Å². The fourth-order valence-corrected chi connectivity index (χ4v) is 4.37. The largest absolute Gasteiger partial charge is 0.354 e. The number of hydrogen-bond donors (Lipinski definition) is 0. The number of hydrogen-bond acceptors (Lipinski definition) is 6. The first-order valence-electron chi connectivity index (χ1n) is 9.65. The molecule has 3 aromatic rings. The highest BCUT2D eigenvalue weighted by Gasteiger charge is 2.27. The van der Waals surface area contributed by atoms with Crippen LogP contribution in [0.2, 0.25) is 0 Å². The molecule has 27 heavy (non-hydrogen) atoms. The lowest BCUT2D eigenvalue weighted by molar-refractivity contribution is 0.249. The van der Waals surface area contributed by atoms with Gasteiger partial charge in [-0.25, -0.2) is 15.0 Å². The minimum Gasteiger partial charge on any atom is -0.354 e. The van der Waals surface area contributed by atoms with Crippen LogP contribution in [0.1, 0.15) is 29.6 Å². The van der Waals surface area contributed by atoms with Crippen LogP contribution in [0, 0.1) is 0 Å². The molecule has 0 amide bonds. The van der Waals surface area contributed by atoms with E-state index < -0.39 is 0 Å². The van der Waals surface area contributed by atoms with E-state index in [2.05, 4.69) is 50.5 Å². The van der Waals surface area contributed by atoms with E-state index in [1.807, 2.05) is 12.3 Å². The molecular formula is C21H23N5S. The highest BCUT2D eigenvalue weighted by Crippen LogP contribution is 2.38. The second kappa shape index (κ2) is 7.37. The summed E-state index contributed by atoms with van der Waals surface area (Å²) in [6.07, 6.45) is 4.41. The van der Waals surface area contributed by atoms with Crippen LogP contribution in [0.4, 0.5) is 5.82 Å². The molecule has 5 nitrogen and oxygen atoms in total. The van der Waals surface area contributed by atoms with Gasteiger partial charge in [-0.1, -0.05) is 30.3 Å². The lowest BCUT2D eigenvalue weighted by atomic mass is 10.2. The Hall–Kier alpha value is -2.31. The van der Waals surface area contributed by atoms with E-state index in [4.69, 9.17) is 9.97 Å². The SMILES string of the molecule is c1ccc(-c2csc(CN3CCN(c4ccnc(C5CC5)n4)CC3)n2)cc1. The third-order valence-electron chi connectivity index (χ3n) is 5.28. The van der Waals surface area contributed by atoms with Crippen LogP contribution >= 0.6 is 11.3 Å². The van der Waals surface area contributed by atoms with Crippen LogP contribution in [-0.2, 0) is 6.54 Å². The maximum atomic E-state index is 4.83. The second-order valence-electron chi connectivity index (χ2n) is 7.30. The molecule has 0 N–H and O–H groups in total. The summed E-state index contributed by atoms with van der Waals surface area (Å²) in [4.78, 5) is 18.9. The number of anilines is 1. The molecule has 0 unspecified atom stereocenters. The summed E-state index contributed by atoms with van der Waals surface area (Å²) in [6, 6.07) is 12.5. The van der Waals surface area contributed by atoms with Gasteiger partial charge in [-0.2, -0.15) is 0 Å². The van der Waals surface area contributed by atoms with Crippen molar-refractivity contribution in [2.24, 2.45) is 0 Å². The maximum absolute atomic E-state index is 4.83. The standard InChI is InChI=1S/C21H23N5S/c1-2-4-16(5-3-1)18-15-27-20(23-18)14-25-10-12-26(13-11-25)19-8-9-22-21(24-19)17-6-7-17/h1-5,8-9,15,17H,6-7,10-14H2. The van der Waals surface area contributed by atoms with Gasteiger partial charge in [0.1, 0.15) is 16.6 Å². The molecule has 0 bridgehead atoms. The molecule has 1 aliphatic heterocycles. The number of thiazole rings is 1. The van der Waals surface area contributed by atoms with Crippen LogP contribution in [0.5, 0.6) is 0 Å². The average molecular weight is 378 g/mol. The van der Waals surface area contributed by atoms with E-state index >= 15 is 0 Å². The topological polar surface area (TPSA) is 45.2 Å². The summed E-state index contributed by atoms with van der Waals surface area (Å²) in [6.45, 7) is 5.05. The molecule has 3 heterocycles. The van der Waals surface area contributed by atoms with Gasteiger partial charge in [-0.3, -0.25) is 4.90 Å². The van der Waals surface area contributed by atoms with E-state index in [0.717, 1.165) is 50.1 Å². The predicted molar refractivity (Wildman–Crippen MR) is 109 cm³/mol. The molecular weight excluding hydrogens is 354 g/mol. The summed E-state index contributed by atoms with van der Waals surface area (Å²) in [5, 5.41) is 3.36. The first kappa shape index (κ1) is 16.8. The van der Waals surface area contributed by atoms with E-state index in [-0.39, 0.29) is 0 Å². The first-order chi connectivity index (χ1) is 13.3. The van der Waals surface area contributed by atoms with Gasteiger partial charge in [0, 0.05) is 49.2 Å². The molecule has 0 radical (unpaired) electrons. The Balaban J connectivity index is 1.19. The van der Waals surface area contributed by atoms with Gasteiger partial charge < -0.3 is 4.90 Å². The Morgan fingerprint density at radius 3 is 2.56 bits per heavy atom. The highest BCUT2D eigenvalue weighted by molar-refractivity contribution is 7.09. The van der Waals surface area contributed by atoms with Gasteiger partial charge in [-0.15, -0.1) is 11.3 Å². The molecule has 0 spiro atoms. The molecule has 1 aromatic carbocycles. The quantitative estimate of drug-likeness (QED) is 0.677. The smallest absolute Gasteiger partial charge is 0.133 e. The lowest BCUT2D eigenvalue weighted by Crippen LogP contribution is -2.46. The first-order valence-corrected chi connectivity index (χ1v) is 10.5. The summed E-state index contributed by atoms with van der Waals surface area (Å²) < 4.78 is 0. The molecule has 138 valence electrons. The Labute approximate surface area is 163 Å². The van der Waals surface area contributed by atoms with Crippen molar-refractivity contribution in [3.63, 3.8) is 0 Å². The molecule has 2 fully saturated rings. The summed E-state index contributed by atoms with van der Waals surface area (Å²) in [5.74, 6) is 2.73. The predicted octanol–water partition coefficient (Wildman–Crippen LogP) is 3.80. The van der Waals surface area contributed by atoms with E-state index in [1.165, 1.54) is 23.4 Å². The van der Waals surface area contributed by atoms with Gasteiger partial charge in [0.2, 0.25) is 0 Å². The van der Waals surface area contributed by atoms with Crippen LogP contribution in [-0.4, -0.2) is 46.0 Å². The summed E-state index contributed by atoms with van der Waals surface area (Å²) in [7, 11) is 0. The molecule has 0 atom stereocenters. The highest BCUT2D eigenvalue weighted by atomic mass is 32.1. The fraction of sp³-hybridized carbons (Fsp3) is 0.381. The Bertz CT molecular complexity index is 898. The number of aromatic nitrogens is 3. The van der Waals surface area contributed by atoms with Gasteiger partial charge in [0.05, 0.1) is 12.2 Å². The van der Waals surface area contributed by atoms with Crippen molar-refractivity contribution in [3.8, 4) is 11.3 Å². The third kappa shape index (κ3) is 3.87. The maximum Gasteiger partial charge on any atom is 0.133 e. The number of piperazine rings is 1. The zero-order valence-corrected chi connectivity index (χ0v) is 16.1. The van der Waals surface area contributed by atoms with Crippen molar-refractivity contribution in [1.29, 1.82) is 0 Å². The van der Waals surface area contributed by atoms with Crippen LogP contribution < -0.4 is 4.90 Å².